The summed E-state index contributed by atoms with van der Waals surface area (Å²) in [6.45, 7) is 23.5. The van der Waals surface area contributed by atoms with Crippen molar-refractivity contribution in [1.29, 1.82) is 0 Å². The molecule has 1 unspecified atom stereocenters. The molecule has 4 N–H and O–H groups in total. The van der Waals surface area contributed by atoms with Gasteiger partial charge in [-0.2, -0.15) is 12.6 Å². The SMILES string of the molecule is CC(C)(C)c1cc(CC(C(=O)O)(C(=O)O)C(CCS)c2cc(C(C)(C)C)c(O)c(C(C)(C)C)c2)cc(C(C)(C)C)c1O. The molecule has 2 aromatic carbocycles. The largest absolute Gasteiger partial charge is 0.507 e. The molecular formula is C35H52O6S. The minimum absolute atomic E-state index is 0.141. The van der Waals surface area contributed by atoms with Gasteiger partial charge in [0.05, 0.1) is 0 Å². The lowest BCUT2D eigenvalue weighted by molar-refractivity contribution is -0.166. The Kier molecular flexibility index (Phi) is 9.97. The van der Waals surface area contributed by atoms with Crippen LogP contribution in [0.15, 0.2) is 24.3 Å². The lowest BCUT2D eigenvalue weighted by Crippen LogP contribution is -2.47. The van der Waals surface area contributed by atoms with Gasteiger partial charge < -0.3 is 20.4 Å². The second-order valence-electron chi connectivity index (χ2n) is 15.8. The molecule has 0 aliphatic rings. The zero-order valence-electron chi connectivity index (χ0n) is 27.6. The summed E-state index contributed by atoms with van der Waals surface area (Å²) in [5.41, 5.74) is -0.547. The Hall–Kier alpha value is -2.67. The van der Waals surface area contributed by atoms with Crippen LogP contribution in [0.5, 0.6) is 11.5 Å². The molecule has 0 bridgehead atoms. The minimum Gasteiger partial charge on any atom is -0.507 e. The van der Waals surface area contributed by atoms with E-state index in [1.807, 2.05) is 83.1 Å². The topological polar surface area (TPSA) is 115 Å². The van der Waals surface area contributed by atoms with E-state index >= 15 is 0 Å². The average Bonchev–Trinajstić information content (AvgIpc) is 2.79. The smallest absolute Gasteiger partial charge is 0.322 e. The lowest BCUT2D eigenvalue weighted by atomic mass is 9.65. The van der Waals surface area contributed by atoms with E-state index < -0.39 is 44.9 Å². The van der Waals surface area contributed by atoms with Gasteiger partial charge in [-0.3, -0.25) is 9.59 Å². The molecule has 0 amide bonds. The molecule has 6 nitrogen and oxygen atoms in total. The summed E-state index contributed by atoms with van der Waals surface area (Å²) in [7, 11) is 0. The normalized spacial score (nSPS) is 14.1. The van der Waals surface area contributed by atoms with E-state index in [-0.39, 0.29) is 30.1 Å². The number of carboxylic acids is 2. The minimum atomic E-state index is -2.24. The van der Waals surface area contributed by atoms with E-state index in [1.165, 1.54) is 0 Å². The molecule has 1 atom stereocenters. The lowest BCUT2D eigenvalue weighted by Gasteiger charge is -2.37. The van der Waals surface area contributed by atoms with Crippen molar-refractivity contribution in [2.45, 2.75) is 124 Å². The fourth-order valence-corrected chi connectivity index (χ4v) is 6.01. The van der Waals surface area contributed by atoms with Gasteiger partial charge in [0.2, 0.25) is 0 Å². The number of aliphatic carboxylic acids is 2. The molecule has 0 spiro atoms. The van der Waals surface area contributed by atoms with Crippen molar-refractivity contribution in [3.63, 3.8) is 0 Å². The van der Waals surface area contributed by atoms with Crippen molar-refractivity contribution in [2.75, 3.05) is 5.75 Å². The summed E-state index contributed by atoms with van der Waals surface area (Å²) in [5, 5.41) is 44.2. The van der Waals surface area contributed by atoms with Crippen molar-refractivity contribution in [3.05, 3.63) is 57.6 Å². The molecule has 7 heteroatoms. The van der Waals surface area contributed by atoms with Gasteiger partial charge in [-0.05, 0) is 73.6 Å². The van der Waals surface area contributed by atoms with Crippen LogP contribution in [0, 0.1) is 5.41 Å². The highest BCUT2D eigenvalue weighted by Crippen LogP contribution is 2.49. The molecule has 42 heavy (non-hydrogen) atoms. The maximum Gasteiger partial charge on any atom is 0.322 e. The summed E-state index contributed by atoms with van der Waals surface area (Å²) in [6.07, 6.45) is -0.102. The van der Waals surface area contributed by atoms with E-state index in [1.54, 1.807) is 24.3 Å². The Morgan fingerprint density at radius 1 is 0.643 bits per heavy atom. The number of aromatic hydroxyl groups is 2. The first-order chi connectivity index (χ1) is 18.8. The Balaban J connectivity index is 3.04. The van der Waals surface area contributed by atoms with E-state index in [0.717, 1.165) is 0 Å². The van der Waals surface area contributed by atoms with E-state index in [4.69, 9.17) is 0 Å². The molecule has 0 aromatic heterocycles. The van der Waals surface area contributed by atoms with Gasteiger partial charge in [-0.1, -0.05) is 107 Å². The Bertz CT molecular complexity index is 1250. The highest BCUT2D eigenvalue weighted by atomic mass is 32.1. The van der Waals surface area contributed by atoms with Crippen LogP contribution in [-0.4, -0.2) is 38.1 Å². The fraction of sp³-hybridized carbons (Fsp3) is 0.600. The van der Waals surface area contributed by atoms with E-state index in [9.17, 15) is 30.0 Å². The predicted molar refractivity (Wildman–Crippen MR) is 174 cm³/mol. The van der Waals surface area contributed by atoms with Gasteiger partial charge in [0.15, 0.2) is 5.41 Å². The van der Waals surface area contributed by atoms with Crippen LogP contribution in [0.1, 0.15) is 129 Å². The highest BCUT2D eigenvalue weighted by molar-refractivity contribution is 7.80. The van der Waals surface area contributed by atoms with Gasteiger partial charge in [-0.15, -0.1) is 0 Å². The summed E-state index contributed by atoms with van der Waals surface area (Å²) in [6, 6.07) is 7.05. The summed E-state index contributed by atoms with van der Waals surface area (Å²) in [5.74, 6) is -3.29. The first-order valence-corrected chi connectivity index (χ1v) is 15.3. The van der Waals surface area contributed by atoms with Crippen molar-refractivity contribution in [2.24, 2.45) is 5.41 Å². The molecule has 0 aliphatic heterocycles. The number of benzene rings is 2. The first-order valence-electron chi connectivity index (χ1n) is 14.6. The average molecular weight is 601 g/mol. The monoisotopic (exact) mass is 600 g/mol. The van der Waals surface area contributed by atoms with Crippen LogP contribution in [0.25, 0.3) is 0 Å². The maximum atomic E-state index is 13.3. The van der Waals surface area contributed by atoms with Crippen LogP contribution in [0.3, 0.4) is 0 Å². The third kappa shape index (κ3) is 7.10. The third-order valence-corrected chi connectivity index (χ3v) is 8.45. The van der Waals surface area contributed by atoms with Crippen LogP contribution < -0.4 is 0 Å². The number of thiol groups is 1. The molecular weight excluding hydrogens is 548 g/mol. The molecule has 0 aliphatic carbocycles. The summed E-state index contributed by atoms with van der Waals surface area (Å²) >= 11 is 4.44. The Morgan fingerprint density at radius 2 is 0.952 bits per heavy atom. The first kappa shape index (κ1) is 35.5. The molecule has 2 rings (SSSR count). The Morgan fingerprint density at radius 3 is 1.21 bits per heavy atom. The molecule has 0 saturated carbocycles. The Labute approximate surface area is 258 Å². The number of carboxylic acid groups (broad SMARTS) is 2. The molecule has 2 aromatic rings. The van der Waals surface area contributed by atoms with Gasteiger partial charge in [0.25, 0.3) is 0 Å². The molecule has 0 saturated heterocycles. The number of hydrogen-bond donors (Lipinski definition) is 5. The van der Waals surface area contributed by atoms with Crippen molar-refractivity contribution >= 4 is 24.6 Å². The summed E-state index contributed by atoms with van der Waals surface area (Å²) in [4.78, 5) is 26.6. The molecule has 0 heterocycles. The van der Waals surface area contributed by atoms with Gasteiger partial charge in [0, 0.05) is 5.92 Å². The van der Waals surface area contributed by atoms with Crippen LogP contribution in [-0.2, 0) is 37.7 Å². The molecule has 0 radical (unpaired) electrons. The number of rotatable bonds is 8. The number of carbonyl (C=O) groups is 2. The fourth-order valence-electron chi connectivity index (χ4n) is 5.75. The molecule has 0 fully saturated rings. The van der Waals surface area contributed by atoms with Crippen LogP contribution in [0.4, 0.5) is 0 Å². The van der Waals surface area contributed by atoms with Crippen molar-refractivity contribution < 1.29 is 30.0 Å². The second kappa shape index (κ2) is 11.8. The maximum absolute atomic E-state index is 13.3. The number of phenolic OH excluding ortho intramolecular Hbond substituents is 2. The van der Waals surface area contributed by atoms with Gasteiger partial charge in [-0.25, -0.2) is 0 Å². The van der Waals surface area contributed by atoms with Gasteiger partial charge in [0.1, 0.15) is 11.5 Å². The number of hydrogen-bond acceptors (Lipinski definition) is 5. The van der Waals surface area contributed by atoms with Crippen molar-refractivity contribution in [3.8, 4) is 11.5 Å². The highest BCUT2D eigenvalue weighted by Gasteiger charge is 2.54. The zero-order valence-corrected chi connectivity index (χ0v) is 28.5. The van der Waals surface area contributed by atoms with Crippen LogP contribution in [0.2, 0.25) is 0 Å². The second-order valence-corrected chi connectivity index (χ2v) is 16.3. The summed E-state index contributed by atoms with van der Waals surface area (Å²) < 4.78 is 0. The molecule has 234 valence electrons. The van der Waals surface area contributed by atoms with Crippen LogP contribution >= 0.6 is 12.6 Å². The third-order valence-electron chi connectivity index (χ3n) is 8.20. The standard InChI is InChI=1S/C35H52O6S/c1-31(2,3)23-15-20(16-24(27(23)36)32(4,5)6)19-35(29(38)39,30(40)41)22(13-14-42)21-17-25(33(7,8)9)28(37)26(18-21)34(10,11)12/h15-18,22,36-37,42H,13-14,19H2,1-12H3,(H,38,39)(H,40,41). The van der Waals surface area contributed by atoms with E-state index in [2.05, 4.69) is 12.6 Å². The van der Waals surface area contributed by atoms with E-state index in [0.29, 0.717) is 33.4 Å². The van der Waals surface area contributed by atoms with Crippen molar-refractivity contribution in [1.82, 2.24) is 0 Å². The predicted octanol–water partition coefficient (Wildman–Crippen LogP) is 8.09. The van der Waals surface area contributed by atoms with Gasteiger partial charge >= 0.3 is 11.9 Å². The zero-order chi connectivity index (χ0) is 32.8. The quantitative estimate of drug-likeness (QED) is 0.155. The number of phenols is 2.